The lowest BCUT2D eigenvalue weighted by molar-refractivity contribution is -0.147. The minimum Gasteiger partial charge on any atom is -0.481 e. The normalized spacial score (nSPS) is 15.9. The Kier molecular flexibility index (Phi) is 11.9. The Labute approximate surface area is 173 Å². The summed E-state index contributed by atoms with van der Waals surface area (Å²) < 4.78 is 0. The monoisotopic (exact) mass is 436 g/mol. The third kappa shape index (κ3) is 9.11. The molecule has 166 valence electrons. The third-order valence-electron chi connectivity index (χ3n) is 4.18. The number of nitrogens with one attached hydrogen (secondary N) is 3. The molecule has 0 heterocycles. The Balaban J connectivity index is 5.04. The molecule has 12 nitrogen and oxygen atoms in total. The molecular weight excluding hydrogens is 408 g/mol. The number of carbonyl (C=O) groups excluding carboxylic acids is 3. The van der Waals surface area contributed by atoms with Crippen LogP contribution in [0, 0.1) is 5.92 Å². The van der Waals surface area contributed by atoms with Crippen molar-refractivity contribution in [3.63, 3.8) is 0 Å². The SMILES string of the molecule is CCC(C)C(N)C(=O)NC(CS)C(=O)NC(CO)C(=O)NC(CC(=O)O)C(=O)O. The van der Waals surface area contributed by atoms with E-state index in [9.17, 15) is 29.1 Å². The van der Waals surface area contributed by atoms with Crippen LogP contribution in [0.1, 0.15) is 26.7 Å². The van der Waals surface area contributed by atoms with Gasteiger partial charge in [-0.1, -0.05) is 20.3 Å². The Hall–Kier alpha value is -2.38. The molecule has 0 saturated heterocycles. The first-order valence-electron chi connectivity index (χ1n) is 8.81. The standard InChI is InChI=1S/C16H28N4O8S/c1-3-7(2)12(17)15(26)20-10(6-29)14(25)19-9(5-21)13(24)18-8(16(27)28)4-11(22)23/h7-10,12,21,29H,3-6,17H2,1-2H3,(H,18,24)(H,19,25)(H,20,26)(H,22,23)(H,27,28). The molecule has 0 aromatic carbocycles. The molecule has 0 rings (SSSR count). The molecule has 0 radical (unpaired) electrons. The summed E-state index contributed by atoms with van der Waals surface area (Å²) in [6.07, 6.45) is -0.254. The molecule has 0 fully saturated rings. The van der Waals surface area contributed by atoms with Gasteiger partial charge in [-0.2, -0.15) is 12.6 Å². The van der Waals surface area contributed by atoms with Gasteiger partial charge in [-0.3, -0.25) is 19.2 Å². The zero-order valence-corrected chi connectivity index (χ0v) is 17.0. The largest absolute Gasteiger partial charge is 0.481 e. The van der Waals surface area contributed by atoms with Crippen LogP contribution in [0.3, 0.4) is 0 Å². The first kappa shape index (κ1) is 26.6. The molecule has 0 saturated carbocycles. The van der Waals surface area contributed by atoms with Crippen LogP contribution >= 0.6 is 12.6 Å². The van der Waals surface area contributed by atoms with E-state index in [-0.39, 0.29) is 11.7 Å². The Bertz CT molecular complexity index is 618. The molecule has 8 N–H and O–H groups in total. The van der Waals surface area contributed by atoms with Gasteiger partial charge in [0.05, 0.1) is 19.1 Å². The average Bonchev–Trinajstić information content (AvgIpc) is 2.67. The number of rotatable bonds is 13. The number of nitrogens with two attached hydrogens (primary N) is 1. The van der Waals surface area contributed by atoms with Crippen molar-refractivity contribution in [2.24, 2.45) is 11.7 Å². The van der Waals surface area contributed by atoms with Gasteiger partial charge in [0.2, 0.25) is 17.7 Å². The molecule has 0 aliphatic heterocycles. The number of aliphatic carboxylic acids is 2. The molecule has 0 aliphatic rings. The highest BCUT2D eigenvalue weighted by molar-refractivity contribution is 7.80. The van der Waals surface area contributed by atoms with Crippen LogP contribution in [0.5, 0.6) is 0 Å². The lowest BCUT2D eigenvalue weighted by Gasteiger charge is -2.24. The minimum atomic E-state index is -1.75. The molecule has 0 aromatic rings. The van der Waals surface area contributed by atoms with E-state index >= 15 is 0 Å². The van der Waals surface area contributed by atoms with E-state index in [0.29, 0.717) is 6.42 Å². The van der Waals surface area contributed by atoms with Crippen molar-refractivity contribution >= 4 is 42.3 Å². The number of aliphatic hydroxyl groups is 1. The Morgan fingerprint density at radius 3 is 1.83 bits per heavy atom. The van der Waals surface area contributed by atoms with Gasteiger partial charge >= 0.3 is 11.9 Å². The number of carbonyl (C=O) groups is 5. The molecule has 29 heavy (non-hydrogen) atoms. The maximum Gasteiger partial charge on any atom is 0.326 e. The van der Waals surface area contributed by atoms with Crippen LogP contribution in [0.25, 0.3) is 0 Å². The van der Waals surface area contributed by atoms with Gasteiger partial charge in [0.1, 0.15) is 18.1 Å². The van der Waals surface area contributed by atoms with Gasteiger partial charge in [0.15, 0.2) is 0 Å². The van der Waals surface area contributed by atoms with Crippen LogP contribution in [-0.4, -0.2) is 81.5 Å². The van der Waals surface area contributed by atoms with Crippen molar-refractivity contribution in [2.75, 3.05) is 12.4 Å². The van der Waals surface area contributed by atoms with Crippen molar-refractivity contribution in [1.82, 2.24) is 16.0 Å². The van der Waals surface area contributed by atoms with Crippen LogP contribution < -0.4 is 21.7 Å². The number of carboxylic acid groups (broad SMARTS) is 2. The van der Waals surface area contributed by atoms with Gasteiger partial charge in [0, 0.05) is 5.75 Å². The topological polar surface area (TPSA) is 208 Å². The molecule has 0 bridgehead atoms. The number of thiol groups is 1. The zero-order valence-electron chi connectivity index (χ0n) is 16.1. The predicted octanol–water partition coefficient (Wildman–Crippen LogP) is -2.70. The molecule has 13 heteroatoms. The van der Waals surface area contributed by atoms with Gasteiger partial charge in [-0.15, -0.1) is 0 Å². The van der Waals surface area contributed by atoms with Gasteiger partial charge in [-0.05, 0) is 5.92 Å². The van der Waals surface area contributed by atoms with E-state index in [0.717, 1.165) is 0 Å². The molecular formula is C16H28N4O8S. The van der Waals surface area contributed by atoms with Crippen molar-refractivity contribution in [2.45, 2.75) is 50.9 Å². The number of hydrogen-bond acceptors (Lipinski definition) is 8. The summed E-state index contributed by atoms with van der Waals surface area (Å²) in [6, 6.07) is -5.35. The van der Waals surface area contributed by atoms with Crippen molar-refractivity contribution < 1.29 is 39.3 Å². The smallest absolute Gasteiger partial charge is 0.326 e. The number of aliphatic hydroxyl groups excluding tert-OH is 1. The van der Waals surface area contributed by atoms with E-state index in [4.69, 9.17) is 15.9 Å². The van der Waals surface area contributed by atoms with E-state index in [1.54, 1.807) is 6.92 Å². The Morgan fingerprint density at radius 1 is 0.931 bits per heavy atom. The quantitative estimate of drug-likeness (QED) is 0.141. The lowest BCUT2D eigenvalue weighted by atomic mass is 9.99. The number of amides is 3. The van der Waals surface area contributed by atoms with Gasteiger partial charge in [0.25, 0.3) is 0 Å². The summed E-state index contributed by atoms with van der Waals surface area (Å²) in [5.41, 5.74) is 5.80. The lowest BCUT2D eigenvalue weighted by Crippen LogP contribution is -2.59. The minimum absolute atomic E-state index is 0.138. The van der Waals surface area contributed by atoms with Crippen molar-refractivity contribution in [3.05, 3.63) is 0 Å². The maximum atomic E-state index is 12.3. The van der Waals surface area contributed by atoms with Gasteiger partial charge in [-0.25, -0.2) is 4.79 Å². The van der Waals surface area contributed by atoms with Crippen LogP contribution in [-0.2, 0) is 24.0 Å². The van der Waals surface area contributed by atoms with Crippen LogP contribution in [0.15, 0.2) is 0 Å². The summed E-state index contributed by atoms with van der Waals surface area (Å²) in [5, 5.41) is 33.5. The molecule has 5 atom stereocenters. The Morgan fingerprint density at radius 2 is 1.41 bits per heavy atom. The molecule has 3 amide bonds. The van der Waals surface area contributed by atoms with Crippen LogP contribution in [0.2, 0.25) is 0 Å². The highest BCUT2D eigenvalue weighted by atomic mass is 32.1. The summed E-state index contributed by atoms with van der Waals surface area (Å²) in [4.78, 5) is 58.3. The maximum absolute atomic E-state index is 12.3. The van der Waals surface area contributed by atoms with E-state index in [2.05, 4.69) is 23.3 Å². The molecule has 0 aromatic heterocycles. The first-order chi connectivity index (χ1) is 13.5. The first-order valence-corrected chi connectivity index (χ1v) is 9.44. The fourth-order valence-electron chi connectivity index (χ4n) is 2.09. The second-order valence-corrected chi connectivity index (χ2v) is 6.76. The summed E-state index contributed by atoms with van der Waals surface area (Å²) in [5.74, 6) is -5.88. The van der Waals surface area contributed by atoms with E-state index in [1.807, 2.05) is 12.2 Å². The zero-order chi connectivity index (χ0) is 22.7. The average molecular weight is 436 g/mol. The van der Waals surface area contributed by atoms with E-state index < -0.39 is 66.9 Å². The molecule has 5 unspecified atom stereocenters. The summed E-state index contributed by atoms with van der Waals surface area (Å²) >= 11 is 3.97. The molecule has 0 aliphatic carbocycles. The van der Waals surface area contributed by atoms with E-state index in [1.165, 1.54) is 0 Å². The summed E-state index contributed by atoms with van der Waals surface area (Å²) in [7, 11) is 0. The second kappa shape index (κ2) is 13.0. The third-order valence-corrected chi connectivity index (χ3v) is 4.55. The van der Waals surface area contributed by atoms with Gasteiger partial charge < -0.3 is 37.0 Å². The van der Waals surface area contributed by atoms with Crippen molar-refractivity contribution in [3.8, 4) is 0 Å². The van der Waals surface area contributed by atoms with Crippen LogP contribution in [0.4, 0.5) is 0 Å². The molecule has 0 spiro atoms. The number of hydrogen-bond donors (Lipinski definition) is 8. The second-order valence-electron chi connectivity index (χ2n) is 6.40. The highest BCUT2D eigenvalue weighted by Crippen LogP contribution is 2.06. The fraction of sp³-hybridized carbons (Fsp3) is 0.688. The fourth-order valence-corrected chi connectivity index (χ4v) is 2.34. The summed E-state index contributed by atoms with van der Waals surface area (Å²) in [6.45, 7) is 2.72. The highest BCUT2D eigenvalue weighted by Gasteiger charge is 2.30. The predicted molar refractivity (Wildman–Crippen MR) is 104 cm³/mol. The van der Waals surface area contributed by atoms with Crippen molar-refractivity contribution in [1.29, 1.82) is 0 Å². The number of carboxylic acids is 2.